The van der Waals surface area contributed by atoms with Crippen molar-refractivity contribution in [3.05, 3.63) is 11.7 Å². The van der Waals surface area contributed by atoms with Gasteiger partial charge < -0.3 is 19.3 Å². The summed E-state index contributed by atoms with van der Waals surface area (Å²) in [6.07, 6.45) is 1.85. The van der Waals surface area contributed by atoms with E-state index in [-0.39, 0.29) is 12.2 Å². The van der Waals surface area contributed by atoms with E-state index in [1.807, 2.05) is 0 Å². The maximum Gasteiger partial charge on any atom is 0.229 e. The van der Waals surface area contributed by atoms with E-state index in [4.69, 9.17) is 14.0 Å². The predicted octanol–water partition coefficient (Wildman–Crippen LogP) is 0.384. The largest absolute Gasteiger partial charge is 0.375 e. The van der Waals surface area contributed by atoms with Gasteiger partial charge in [0.05, 0.1) is 25.7 Å². The lowest BCUT2D eigenvalue weighted by Gasteiger charge is -2.30. The first-order chi connectivity index (χ1) is 10.3. The molecule has 3 heterocycles. The second kappa shape index (κ2) is 7.31. The van der Waals surface area contributed by atoms with Gasteiger partial charge in [-0.25, -0.2) is 0 Å². The zero-order valence-corrected chi connectivity index (χ0v) is 12.6. The maximum atomic E-state index is 5.77. The number of rotatable bonds is 5. The smallest absolute Gasteiger partial charge is 0.229 e. The topological polar surface area (TPSA) is 72.7 Å². The van der Waals surface area contributed by atoms with Crippen LogP contribution in [0, 0.1) is 0 Å². The third-order valence-corrected chi connectivity index (χ3v) is 3.87. The number of nitrogens with one attached hydrogen (secondary N) is 1. The lowest BCUT2D eigenvalue weighted by atomic mass is 10.2. The summed E-state index contributed by atoms with van der Waals surface area (Å²) in [5.74, 6) is 1.30. The average molecular weight is 296 g/mol. The molecule has 1 N–H and O–H groups in total. The monoisotopic (exact) mass is 296 g/mol. The van der Waals surface area contributed by atoms with Crippen molar-refractivity contribution in [1.29, 1.82) is 0 Å². The highest BCUT2D eigenvalue weighted by Gasteiger charge is 2.26. The number of ether oxygens (including phenoxy) is 2. The molecule has 0 bridgehead atoms. The predicted molar refractivity (Wildman–Crippen MR) is 76.0 cm³/mol. The molecule has 1 aromatic rings. The van der Waals surface area contributed by atoms with Crippen LogP contribution < -0.4 is 5.32 Å². The summed E-state index contributed by atoms with van der Waals surface area (Å²) in [5.41, 5.74) is 0. The molecule has 3 rings (SSSR count). The van der Waals surface area contributed by atoms with E-state index in [1.165, 1.54) is 0 Å². The first-order valence-corrected chi connectivity index (χ1v) is 7.84. The molecule has 7 heteroatoms. The zero-order valence-electron chi connectivity index (χ0n) is 12.6. The van der Waals surface area contributed by atoms with Crippen molar-refractivity contribution in [2.45, 2.75) is 32.0 Å². The van der Waals surface area contributed by atoms with Crippen LogP contribution in [0.3, 0.4) is 0 Å². The van der Waals surface area contributed by atoms with Gasteiger partial charge in [-0.1, -0.05) is 12.1 Å². The summed E-state index contributed by atoms with van der Waals surface area (Å²) in [5, 5.41) is 7.39. The fourth-order valence-corrected chi connectivity index (χ4v) is 2.81. The molecule has 2 atom stereocenters. The van der Waals surface area contributed by atoms with Crippen molar-refractivity contribution < 1.29 is 14.0 Å². The molecule has 0 saturated carbocycles. The van der Waals surface area contributed by atoms with Gasteiger partial charge in [0.15, 0.2) is 0 Å². The summed E-state index contributed by atoms with van der Waals surface area (Å²) >= 11 is 0. The lowest BCUT2D eigenvalue weighted by Crippen LogP contribution is -2.39. The normalized spacial score (nSPS) is 27.9. The van der Waals surface area contributed by atoms with Crippen LogP contribution >= 0.6 is 0 Å². The molecular weight excluding hydrogens is 272 g/mol. The molecule has 2 aliphatic heterocycles. The minimum atomic E-state index is -0.0757. The lowest BCUT2D eigenvalue weighted by molar-refractivity contribution is -0.0350. The molecule has 0 aromatic carbocycles. The van der Waals surface area contributed by atoms with Gasteiger partial charge in [0.25, 0.3) is 0 Å². The Kier molecular flexibility index (Phi) is 5.18. The van der Waals surface area contributed by atoms with Crippen molar-refractivity contribution in [2.75, 3.05) is 45.9 Å². The summed E-state index contributed by atoms with van der Waals surface area (Å²) in [6, 6.07) is 0. The Morgan fingerprint density at radius 2 is 2.29 bits per heavy atom. The van der Waals surface area contributed by atoms with Crippen LogP contribution in [0.1, 0.15) is 31.2 Å². The van der Waals surface area contributed by atoms with E-state index in [0.29, 0.717) is 18.1 Å². The number of hydrogen-bond donors (Lipinski definition) is 1. The molecular formula is C14H24N4O3. The van der Waals surface area contributed by atoms with E-state index in [9.17, 15) is 0 Å². The van der Waals surface area contributed by atoms with Crippen LogP contribution in [0.15, 0.2) is 4.52 Å². The van der Waals surface area contributed by atoms with Crippen molar-refractivity contribution in [3.63, 3.8) is 0 Å². The second-order valence-electron chi connectivity index (χ2n) is 5.61. The van der Waals surface area contributed by atoms with Gasteiger partial charge in [-0.15, -0.1) is 0 Å². The van der Waals surface area contributed by atoms with E-state index in [0.717, 1.165) is 52.4 Å². The highest BCUT2D eigenvalue weighted by molar-refractivity contribution is 4.95. The molecule has 2 saturated heterocycles. The SMILES string of the molecule is CCCN1CCOC(c2noc(CC3CNCCO3)n2)C1. The van der Waals surface area contributed by atoms with Gasteiger partial charge in [0.2, 0.25) is 11.7 Å². The van der Waals surface area contributed by atoms with Crippen molar-refractivity contribution in [3.8, 4) is 0 Å². The van der Waals surface area contributed by atoms with Crippen molar-refractivity contribution in [2.24, 2.45) is 0 Å². The first kappa shape index (κ1) is 14.9. The molecule has 1 aromatic heterocycles. The van der Waals surface area contributed by atoms with Gasteiger partial charge in [-0.2, -0.15) is 4.98 Å². The second-order valence-corrected chi connectivity index (χ2v) is 5.61. The number of nitrogens with zero attached hydrogens (tertiary/aromatic N) is 3. The van der Waals surface area contributed by atoms with E-state index >= 15 is 0 Å². The van der Waals surface area contributed by atoms with Crippen LogP contribution in [0.25, 0.3) is 0 Å². The molecule has 0 spiro atoms. The van der Waals surface area contributed by atoms with Crippen LogP contribution in [0.4, 0.5) is 0 Å². The molecule has 2 fully saturated rings. The fraction of sp³-hybridized carbons (Fsp3) is 0.857. The molecule has 21 heavy (non-hydrogen) atoms. The Morgan fingerprint density at radius 1 is 1.33 bits per heavy atom. The third-order valence-electron chi connectivity index (χ3n) is 3.87. The highest BCUT2D eigenvalue weighted by Crippen LogP contribution is 2.20. The summed E-state index contributed by atoms with van der Waals surface area (Å²) in [4.78, 5) is 6.87. The Morgan fingerprint density at radius 3 is 3.10 bits per heavy atom. The first-order valence-electron chi connectivity index (χ1n) is 7.84. The third kappa shape index (κ3) is 4.00. The minimum absolute atomic E-state index is 0.0757. The Balaban J connectivity index is 1.56. The standard InChI is InChI=1S/C14H24N4O3/c1-2-4-18-5-7-20-12(10-18)14-16-13(21-17-14)8-11-9-15-3-6-19-11/h11-12,15H,2-10H2,1H3. The summed E-state index contributed by atoms with van der Waals surface area (Å²) in [6.45, 7) is 8.32. The number of hydrogen-bond acceptors (Lipinski definition) is 7. The van der Waals surface area contributed by atoms with E-state index in [2.05, 4.69) is 27.3 Å². The number of aromatic nitrogens is 2. The molecule has 118 valence electrons. The van der Waals surface area contributed by atoms with Gasteiger partial charge in [-0.05, 0) is 13.0 Å². The Bertz CT molecular complexity index is 432. The van der Waals surface area contributed by atoms with Crippen molar-refractivity contribution in [1.82, 2.24) is 20.4 Å². The Labute approximate surface area is 125 Å². The van der Waals surface area contributed by atoms with Crippen LogP contribution in [0.5, 0.6) is 0 Å². The van der Waals surface area contributed by atoms with Crippen LogP contribution in [-0.4, -0.2) is 67.1 Å². The summed E-state index contributed by atoms with van der Waals surface area (Å²) in [7, 11) is 0. The number of morpholine rings is 2. The zero-order chi connectivity index (χ0) is 14.5. The minimum Gasteiger partial charge on any atom is -0.375 e. The maximum absolute atomic E-state index is 5.77. The van der Waals surface area contributed by atoms with Gasteiger partial charge in [0.1, 0.15) is 6.10 Å². The summed E-state index contributed by atoms with van der Waals surface area (Å²) < 4.78 is 16.8. The average Bonchev–Trinajstić information content (AvgIpc) is 2.97. The molecule has 2 aliphatic rings. The van der Waals surface area contributed by atoms with E-state index in [1.54, 1.807) is 0 Å². The molecule has 7 nitrogen and oxygen atoms in total. The van der Waals surface area contributed by atoms with Gasteiger partial charge in [-0.3, -0.25) is 4.90 Å². The van der Waals surface area contributed by atoms with E-state index < -0.39 is 0 Å². The van der Waals surface area contributed by atoms with Crippen molar-refractivity contribution >= 4 is 0 Å². The Hall–Kier alpha value is -1.02. The molecule has 0 aliphatic carbocycles. The van der Waals surface area contributed by atoms with Gasteiger partial charge in [0, 0.05) is 26.2 Å². The van der Waals surface area contributed by atoms with Crippen LogP contribution in [-0.2, 0) is 15.9 Å². The van der Waals surface area contributed by atoms with Crippen LogP contribution in [0.2, 0.25) is 0 Å². The molecule has 0 amide bonds. The highest BCUT2D eigenvalue weighted by atomic mass is 16.5. The fourth-order valence-electron chi connectivity index (χ4n) is 2.81. The van der Waals surface area contributed by atoms with Gasteiger partial charge >= 0.3 is 0 Å². The quantitative estimate of drug-likeness (QED) is 0.842. The molecule has 0 radical (unpaired) electrons. The molecule has 2 unspecified atom stereocenters.